The molecule has 1 aromatic heterocycles. The van der Waals surface area contributed by atoms with Crippen molar-refractivity contribution in [3.63, 3.8) is 0 Å². The maximum Gasteiger partial charge on any atom is 0.331 e. The lowest BCUT2D eigenvalue weighted by Gasteiger charge is -2.06. The van der Waals surface area contributed by atoms with Gasteiger partial charge in [-0.25, -0.2) is 4.79 Å². The average Bonchev–Trinajstić information content (AvgIpc) is 2.89. The van der Waals surface area contributed by atoms with Crippen LogP contribution in [0.3, 0.4) is 0 Å². The van der Waals surface area contributed by atoms with Gasteiger partial charge < -0.3 is 15.4 Å². The first-order chi connectivity index (χ1) is 10.0. The molecule has 0 saturated carbocycles. The second-order valence-corrected chi connectivity index (χ2v) is 4.92. The fourth-order valence-electron chi connectivity index (χ4n) is 2.11. The van der Waals surface area contributed by atoms with E-state index in [0.717, 1.165) is 16.5 Å². The number of aromatic nitrogens is 1. The zero-order valence-electron chi connectivity index (χ0n) is 12.1. The Balaban J connectivity index is 1.97. The van der Waals surface area contributed by atoms with Crippen molar-refractivity contribution < 1.29 is 14.7 Å². The summed E-state index contributed by atoms with van der Waals surface area (Å²) in [6.07, 6.45) is 2.62. The van der Waals surface area contributed by atoms with Gasteiger partial charge in [0.15, 0.2) is 0 Å². The minimum Gasteiger partial charge on any atom is -0.478 e. The minimum absolute atomic E-state index is 0.0691. The SMILES string of the molecule is C/C(C(=O)O)=C(\C)C(=O)NCCc1c[nH]c2ccccc12. The van der Waals surface area contributed by atoms with E-state index >= 15 is 0 Å². The lowest BCUT2D eigenvalue weighted by Crippen LogP contribution is -2.27. The number of para-hydroxylation sites is 1. The van der Waals surface area contributed by atoms with Crippen LogP contribution >= 0.6 is 0 Å². The lowest BCUT2D eigenvalue weighted by atomic mass is 10.1. The van der Waals surface area contributed by atoms with Crippen molar-refractivity contribution in [3.8, 4) is 0 Å². The zero-order chi connectivity index (χ0) is 15.4. The molecule has 0 aliphatic rings. The Morgan fingerprint density at radius 3 is 2.62 bits per heavy atom. The van der Waals surface area contributed by atoms with Crippen LogP contribution in [0.2, 0.25) is 0 Å². The van der Waals surface area contributed by atoms with Crippen LogP contribution in [0.1, 0.15) is 19.4 Å². The summed E-state index contributed by atoms with van der Waals surface area (Å²) < 4.78 is 0. The highest BCUT2D eigenvalue weighted by Crippen LogP contribution is 2.17. The molecule has 0 spiro atoms. The number of amides is 1. The Morgan fingerprint density at radius 1 is 1.19 bits per heavy atom. The van der Waals surface area contributed by atoms with Crippen molar-refractivity contribution in [3.05, 3.63) is 47.2 Å². The Hall–Kier alpha value is -2.56. The summed E-state index contributed by atoms with van der Waals surface area (Å²) in [5, 5.41) is 12.7. The van der Waals surface area contributed by atoms with E-state index in [2.05, 4.69) is 10.3 Å². The highest BCUT2D eigenvalue weighted by Gasteiger charge is 2.12. The normalized spacial score (nSPS) is 12.1. The van der Waals surface area contributed by atoms with Gasteiger partial charge in [-0.15, -0.1) is 0 Å². The summed E-state index contributed by atoms with van der Waals surface area (Å²) in [7, 11) is 0. The van der Waals surface area contributed by atoms with E-state index < -0.39 is 5.97 Å². The largest absolute Gasteiger partial charge is 0.478 e. The molecule has 2 aromatic rings. The van der Waals surface area contributed by atoms with Gasteiger partial charge in [-0.2, -0.15) is 0 Å². The van der Waals surface area contributed by atoms with Crippen LogP contribution in [-0.4, -0.2) is 28.5 Å². The van der Waals surface area contributed by atoms with Crippen LogP contribution < -0.4 is 5.32 Å². The van der Waals surface area contributed by atoms with Gasteiger partial charge in [-0.3, -0.25) is 4.79 Å². The third-order valence-corrected chi connectivity index (χ3v) is 3.58. The zero-order valence-corrected chi connectivity index (χ0v) is 12.1. The number of hydrogen-bond donors (Lipinski definition) is 3. The maximum absolute atomic E-state index is 11.8. The molecule has 5 nitrogen and oxygen atoms in total. The van der Waals surface area contributed by atoms with Crippen LogP contribution in [0.5, 0.6) is 0 Å². The minimum atomic E-state index is -1.07. The van der Waals surface area contributed by atoms with Crippen molar-refractivity contribution in [1.82, 2.24) is 10.3 Å². The Labute approximate surface area is 122 Å². The number of benzene rings is 1. The number of carbonyl (C=O) groups is 2. The van der Waals surface area contributed by atoms with Gasteiger partial charge in [-0.1, -0.05) is 18.2 Å². The molecule has 1 heterocycles. The van der Waals surface area contributed by atoms with Crippen molar-refractivity contribution in [2.45, 2.75) is 20.3 Å². The summed E-state index contributed by atoms with van der Waals surface area (Å²) in [5.74, 6) is -1.41. The van der Waals surface area contributed by atoms with Crippen molar-refractivity contribution in [1.29, 1.82) is 0 Å². The predicted octanol–water partition coefficient (Wildman–Crippen LogP) is 2.25. The lowest BCUT2D eigenvalue weighted by molar-refractivity contribution is -0.133. The number of aliphatic carboxylic acids is 1. The van der Waals surface area contributed by atoms with Gasteiger partial charge in [0.25, 0.3) is 0 Å². The number of carboxylic acid groups (broad SMARTS) is 1. The molecule has 1 amide bonds. The first-order valence-corrected chi connectivity index (χ1v) is 6.74. The smallest absolute Gasteiger partial charge is 0.331 e. The maximum atomic E-state index is 11.8. The number of hydrogen-bond acceptors (Lipinski definition) is 2. The molecule has 0 aliphatic carbocycles. The first kappa shape index (κ1) is 14.8. The quantitative estimate of drug-likeness (QED) is 0.737. The van der Waals surface area contributed by atoms with Crippen LogP contribution in [-0.2, 0) is 16.0 Å². The Bertz CT molecular complexity index is 713. The first-order valence-electron chi connectivity index (χ1n) is 6.74. The number of fused-ring (bicyclic) bond motifs is 1. The summed E-state index contributed by atoms with van der Waals surface area (Å²) in [6, 6.07) is 7.97. The predicted molar refractivity (Wildman–Crippen MR) is 81.0 cm³/mol. The molecule has 0 radical (unpaired) electrons. The van der Waals surface area contributed by atoms with Crippen molar-refractivity contribution in [2.75, 3.05) is 6.54 Å². The van der Waals surface area contributed by atoms with E-state index in [1.807, 2.05) is 30.5 Å². The highest BCUT2D eigenvalue weighted by molar-refractivity contribution is 6.01. The van der Waals surface area contributed by atoms with Crippen LogP contribution in [0.4, 0.5) is 0 Å². The Morgan fingerprint density at radius 2 is 1.90 bits per heavy atom. The van der Waals surface area contributed by atoms with Gasteiger partial charge in [-0.05, 0) is 31.9 Å². The van der Waals surface area contributed by atoms with Crippen LogP contribution in [0, 0.1) is 0 Å². The number of rotatable bonds is 5. The average molecular weight is 286 g/mol. The van der Waals surface area contributed by atoms with E-state index in [1.165, 1.54) is 13.8 Å². The van der Waals surface area contributed by atoms with E-state index in [-0.39, 0.29) is 17.1 Å². The molecule has 3 N–H and O–H groups in total. The van der Waals surface area contributed by atoms with E-state index in [1.54, 1.807) is 0 Å². The highest BCUT2D eigenvalue weighted by atomic mass is 16.4. The standard InChI is InChI=1S/C16H18N2O3/c1-10(11(2)16(20)21)15(19)17-8-7-12-9-18-14-6-4-3-5-13(12)14/h3-6,9,18H,7-8H2,1-2H3,(H,17,19)(H,20,21)/b11-10-. The molecule has 5 heteroatoms. The molecule has 21 heavy (non-hydrogen) atoms. The van der Waals surface area contributed by atoms with Gasteiger partial charge in [0.2, 0.25) is 5.91 Å². The molecular formula is C16H18N2O3. The fraction of sp³-hybridized carbons (Fsp3) is 0.250. The van der Waals surface area contributed by atoms with Crippen molar-refractivity contribution in [2.24, 2.45) is 0 Å². The molecular weight excluding hydrogens is 268 g/mol. The molecule has 0 saturated heterocycles. The monoisotopic (exact) mass is 286 g/mol. The molecule has 1 aromatic carbocycles. The Kier molecular flexibility index (Phi) is 4.42. The second kappa shape index (κ2) is 6.26. The molecule has 0 aliphatic heterocycles. The molecule has 2 rings (SSSR count). The number of aromatic amines is 1. The van der Waals surface area contributed by atoms with Gasteiger partial charge in [0, 0.05) is 34.8 Å². The summed E-state index contributed by atoms with van der Waals surface area (Å²) in [6.45, 7) is 3.41. The van der Waals surface area contributed by atoms with Gasteiger partial charge in [0.1, 0.15) is 0 Å². The molecule has 0 unspecified atom stereocenters. The van der Waals surface area contributed by atoms with Crippen LogP contribution in [0.25, 0.3) is 10.9 Å². The topological polar surface area (TPSA) is 82.2 Å². The fourth-order valence-corrected chi connectivity index (χ4v) is 2.11. The third-order valence-electron chi connectivity index (χ3n) is 3.58. The summed E-state index contributed by atoms with van der Waals surface area (Å²) in [5.41, 5.74) is 2.50. The second-order valence-electron chi connectivity index (χ2n) is 4.92. The summed E-state index contributed by atoms with van der Waals surface area (Å²) in [4.78, 5) is 25.8. The number of H-pyrrole nitrogens is 1. The summed E-state index contributed by atoms with van der Waals surface area (Å²) >= 11 is 0. The van der Waals surface area contributed by atoms with E-state index in [0.29, 0.717) is 13.0 Å². The molecule has 0 atom stereocenters. The van der Waals surface area contributed by atoms with Gasteiger partial charge >= 0.3 is 5.97 Å². The third kappa shape index (κ3) is 3.31. The van der Waals surface area contributed by atoms with E-state index in [4.69, 9.17) is 5.11 Å². The van der Waals surface area contributed by atoms with Crippen LogP contribution in [0.15, 0.2) is 41.6 Å². The van der Waals surface area contributed by atoms with Gasteiger partial charge in [0.05, 0.1) is 0 Å². The molecule has 0 bridgehead atoms. The molecule has 0 fully saturated rings. The van der Waals surface area contributed by atoms with Crippen molar-refractivity contribution >= 4 is 22.8 Å². The number of carboxylic acids is 1. The number of nitrogens with one attached hydrogen (secondary N) is 2. The molecule has 110 valence electrons. The number of carbonyl (C=O) groups excluding carboxylic acids is 1. The van der Waals surface area contributed by atoms with E-state index in [9.17, 15) is 9.59 Å².